The molecular weight excluding hydrogens is 288 g/mol. The van der Waals surface area contributed by atoms with Crippen LogP contribution in [0.5, 0.6) is 0 Å². The number of nitrogens with zero attached hydrogens (tertiary/aromatic N) is 2. The molecule has 0 bridgehead atoms. The summed E-state index contributed by atoms with van der Waals surface area (Å²) in [6.07, 6.45) is 2.26. The monoisotopic (exact) mass is 306 g/mol. The third-order valence-electron chi connectivity index (χ3n) is 3.94. The van der Waals surface area contributed by atoms with Crippen molar-refractivity contribution in [3.63, 3.8) is 0 Å². The minimum atomic E-state index is -0.960. The molecule has 0 spiro atoms. The summed E-state index contributed by atoms with van der Waals surface area (Å²) >= 11 is 0. The van der Waals surface area contributed by atoms with Crippen molar-refractivity contribution in [2.45, 2.75) is 19.4 Å². The van der Waals surface area contributed by atoms with Crippen LogP contribution in [0.15, 0.2) is 66.9 Å². The van der Waals surface area contributed by atoms with Crippen LogP contribution in [0, 0.1) is 0 Å². The van der Waals surface area contributed by atoms with Gasteiger partial charge in [0.25, 0.3) is 0 Å². The minimum absolute atomic E-state index is 0.000457. The Morgan fingerprint density at radius 1 is 1.09 bits per heavy atom. The lowest BCUT2D eigenvalue weighted by molar-refractivity contribution is 0.0697. The number of carboxylic acid groups (broad SMARTS) is 1. The summed E-state index contributed by atoms with van der Waals surface area (Å²) in [6, 6.07) is 19.6. The van der Waals surface area contributed by atoms with Gasteiger partial charge in [0.2, 0.25) is 0 Å². The largest absolute Gasteiger partial charge is 0.478 e. The first-order chi connectivity index (χ1) is 11.2. The summed E-state index contributed by atoms with van der Waals surface area (Å²) in [6.45, 7) is 2.08. The molecule has 0 aliphatic carbocycles. The molecule has 4 heteroatoms. The summed E-state index contributed by atoms with van der Waals surface area (Å²) in [5.74, 6) is -0.960. The smallest absolute Gasteiger partial charge is 0.339 e. The molecule has 0 radical (unpaired) electrons. The molecule has 23 heavy (non-hydrogen) atoms. The highest BCUT2D eigenvalue weighted by molar-refractivity contribution is 5.94. The van der Waals surface area contributed by atoms with Crippen LogP contribution in [-0.2, 0) is 0 Å². The zero-order chi connectivity index (χ0) is 16.2. The SMILES string of the molecule is CCC(c1ccccc1)n1ncc(C(=O)O)c1-c1ccccc1. The van der Waals surface area contributed by atoms with Crippen LogP contribution in [0.25, 0.3) is 11.3 Å². The van der Waals surface area contributed by atoms with E-state index in [2.05, 4.69) is 12.0 Å². The fourth-order valence-electron chi connectivity index (χ4n) is 2.86. The molecule has 0 saturated carbocycles. The van der Waals surface area contributed by atoms with Crippen molar-refractivity contribution < 1.29 is 9.90 Å². The van der Waals surface area contributed by atoms with Crippen molar-refractivity contribution >= 4 is 5.97 Å². The topological polar surface area (TPSA) is 55.1 Å². The quantitative estimate of drug-likeness (QED) is 0.766. The Bertz CT molecular complexity index is 795. The lowest BCUT2D eigenvalue weighted by atomic mass is 10.0. The number of aromatic nitrogens is 2. The van der Waals surface area contributed by atoms with Crippen LogP contribution < -0.4 is 0 Å². The molecule has 1 aromatic heterocycles. The Morgan fingerprint density at radius 3 is 2.26 bits per heavy atom. The standard InChI is InChI=1S/C19H18N2O2/c1-2-17(14-9-5-3-6-10-14)21-18(15-11-7-4-8-12-15)16(13-20-21)19(22)23/h3-13,17H,2H2,1H3,(H,22,23). The van der Waals surface area contributed by atoms with Gasteiger partial charge in [-0.2, -0.15) is 5.10 Å². The van der Waals surface area contributed by atoms with Gasteiger partial charge >= 0.3 is 5.97 Å². The van der Waals surface area contributed by atoms with E-state index in [0.717, 1.165) is 17.5 Å². The molecule has 0 saturated heterocycles. The van der Waals surface area contributed by atoms with Crippen molar-refractivity contribution in [1.29, 1.82) is 0 Å². The molecule has 1 heterocycles. The fourth-order valence-corrected chi connectivity index (χ4v) is 2.86. The lowest BCUT2D eigenvalue weighted by Gasteiger charge is -2.19. The van der Waals surface area contributed by atoms with Crippen molar-refractivity contribution in [3.8, 4) is 11.3 Å². The average molecular weight is 306 g/mol. The maximum Gasteiger partial charge on any atom is 0.339 e. The predicted octanol–water partition coefficient (Wildman–Crippen LogP) is 4.25. The predicted molar refractivity (Wildman–Crippen MR) is 89.5 cm³/mol. The molecule has 0 aliphatic rings. The number of benzene rings is 2. The zero-order valence-electron chi connectivity index (χ0n) is 12.9. The maximum atomic E-state index is 11.6. The first-order valence-electron chi connectivity index (χ1n) is 7.63. The number of aromatic carboxylic acids is 1. The van der Waals surface area contributed by atoms with Crippen LogP contribution in [-0.4, -0.2) is 20.9 Å². The Labute approximate surface area is 135 Å². The molecule has 0 amide bonds. The number of carbonyl (C=O) groups is 1. The Balaban J connectivity index is 2.18. The van der Waals surface area contributed by atoms with Crippen LogP contribution in [0.3, 0.4) is 0 Å². The first kappa shape index (κ1) is 15.0. The summed E-state index contributed by atoms with van der Waals surface area (Å²) in [7, 11) is 0. The number of hydrogen-bond acceptors (Lipinski definition) is 2. The van der Waals surface area contributed by atoms with E-state index in [-0.39, 0.29) is 11.6 Å². The average Bonchev–Trinajstić information content (AvgIpc) is 3.02. The number of carboxylic acids is 1. The van der Waals surface area contributed by atoms with Crippen molar-refractivity contribution in [2.75, 3.05) is 0 Å². The second-order valence-corrected chi connectivity index (χ2v) is 5.36. The van der Waals surface area contributed by atoms with E-state index < -0.39 is 5.97 Å². The van der Waals surface area contributed by atoms with Crippen LogP contribution in [0.1, 0.15) is 35.3 Å². The van der Waals surface area contributed by atoms with E-state index in [9.17, 15) is 9.90 Å². The van der Waals surface area contributed by atoms with Crippen molar-refractivity contribution in [3.05, 3.63) is 78.0 Å². The van der Waals surface area contributed by atoms with Gasteiger partial charge in [0.15, 0.2) is 0 Å². The third-order valence-corrected chi connectivity index (χ3v) is 3.94. The molecule has 0 aliphatic heterocycles. The zero-order valence-corrected chi connectivity index (χ0v) is 12.9. The summed E-state index contributed by atoms with van der Waals surface area (Å²) in [5.41, 5.74) is 2.85. The molecule has 0 fully saturated rings. The van der Waals surface area contributed by atoms with Crippen LogP contribution in [0.2, 0.25) is 0 Å². The van der Waals surface area contributed by atoms with E-state index in [0.29, 0.717) is 5.69 Å². The second-order valence-electron chi connectivity index (χ2n) is 5.36. The van der Waals surface area contributed by atoms with Gasteiger partial charge in [-0.3, -0.25) is 4.68 Å². The third kappa shape index (κ3) is 2.88. The molecule has 2 aromatic carbocycles. The summed E-state index contributed by atoms with van der Waals surface area (Å²) < 4.78 is 1.83. The van der Waals surface area contributed by atoms with Gasteiger partial charge < -0.3 is 5.11 Å². The molecule has 116 valence electrons. The molecule has 4 nitrogen and oxygen atoms in total. The van der Waals surface area contributed by atoms with Gasteiger partial charge in [0, 0.05) is 5.56 Å². The van der Waals surface area contributed by atoms with E-state index >= 15 is 0 Å². The molecule has 1 N–H and O–H groups in total. The normalized spacial score (nSPS) is 12.0. The summed E-state index contributed by atoms with van der Waals surface area (Å²) in [5, 5.41) is 13.9. The van der Waals surface area contributed by atoms with Gasteiger partial charge in [0.1, 0.15) is 5.56 Å². The van der Waals surface area contributed by atoms with Gasteiger partial charge in [-0.15, -0.1) is 0 Å². The second kappa shape index (κ2) is 6.48. The number of rotatable bonds is 5. The highest BCUT2D eigenvalue weighted by Gasteiger charge is 2.23. The molecule has 1 unspecified atom stereocenters. The van der Waals surface area contributed by atoms with Gasteiger partial charge in [-0.05, 0) is 12.0 Å². The van der Waals surface area contributed by atoms with E-state index in [1.807, 2.05) is 65.3 Å². The lowest BCUT2D eigenvalue weighted by Crippen LogP contribution is -2.13. The molecule has 3 rings (SSSR count). The van der Waals surface area contributed by atoms with E-state index in [4.69, 9.17) is 0 Å². The highest BCUT2D eigenvalue weighted by atomic mass is 16.4. The van der Waals surface area contributed by atoms with Crippen molar-refractivity contribution in [2.24, 2.45) is 0 Å². The van der Waals surface area contributed by atoms with Crippen LogP contribution in [0.4, 0.5) is 0 Å². The fraction of sp³-hybridized carbons (Fsp3) is 0.158. The van der Waals surface area contributed by atoms with Crippen LogP contribution >= 0.6 is 0 Å². The van der Waals surface area contributed by atoms with Gasteiger partial charge in [-0.1, -0.05) is 67.6 Å². The Kier molecular flexibility index (Phi) is 4.24. The first-order valence-corrected chi connectivity index (χ1v) is 7.63. The maximum absolute atomic E-state index is 11.6. The summed E-state index contributed by atoms with van der Waals surface area (Å²) in [4.78, 5) is 11.6. The Hall–Kier alpha value is -2.88. The molecular formula is C19H18N2O2. The van der Waals surface area contributed by atoms with Gasteiger partial charge in [-0.25, -0.2) is 4.79 Å². The van der Waals surface area contributed by atoms with Crippen molar-refractivity contribution in [1.82, 2.24) is 9.78 Å². The van der Waals surface area contributed by atoms with E-state index in [1.165, 1.54) is 6.20 Å². The Morgan fingerprint density at radius 2 is 1.70 bits per heavy atom. The molecule has 1 atom stereocenters. The minimum Gasteiger partial charge on any atom is -0.478 e. The molecule has 3 aromatic rings. The van der Waals surface area contributed by atoms with Gasteiger partial charge in [0.05, 0.1) is 17.9 Å². The number of hydrogen-bond donors (Lipinski definition) is 1. The highest BCUT2D eigenvalue weighted by Crippen LogP contribution is 2.30. The van der Waals surface area contributed by atoms with E-state index in [1.54, 1.807) is 0 Å².